The Balaban J connectivity index is 2.09. The van der Waals surface area contributed by atoms with Crippen molar-refractivity contribution in [3.05, 3.63) is 51.4 Å². The van der Waals surface area contributed by atoms with Crippen molar-refractivity contribution < 1.29 is 9.90 Å². The molecule has 0 fully saturated rings. The second-order valence-corrected chi connectivity index (χ2v) is 5.45. The fourth-order valence-corrected chi connectivity index (χ4v) is 2.41. The van der Waals surface area contributed by atoms with Crippen LogP contribution in [0.3, 0.4) is 0 Å². The van der Waals surface area contributed by atoms with Crippen LogP contribution in [-0.2, 0) is 11.2 Å². The zero-order chi connectivity index (χ0) is 16.6. The number of carboxylic acid groups (broad SMARTS) is 1. The highest BCUT2D eigenvalue weighted by atomic mass is 16.4. The van der Waals surface area contributed by atoms with E-state index in [1.807, 2.05) is 31.2 Å². The third-order valence-corrected chi connectivity index (χ3v) is 3.71. The van der Waals surface area contributed by atoms with Gasteiger partial charge in [-0.15, -0.1) is 0 Å². The first-order chi connectivity index (χ1) is 11.0. The number of nitrogens with zero attached hydrogens (tertiary/aromatic N) is 3. The zero-order valence-electron chi connectivity index (χ0n) is 12.8. The molecule has 0 aliphatic carbocycles. The summed E-state index contributed by atoms with van der Waals surface area (Å²) in [6.45, 7) is 3.69. The molecule has 0 saturated carbocycles. The minimum Gasteiger partial charge on any atom is -0.481 e. The highest BCUT2D eigenvalue weighted by molar-refractivity contribution is 5.67. The van der Waals surface area contributed by atoms with Crippen molar-refractivity contribution in [2.24, 2.45) is 0 Å². The van der Waals surface area contributed by atoms with Gasteiger partial charge in [-0.25, -0.2) is 4.98 Å². The molecule has 2 N–H and O–H groups in total. The molecule has 1 aromatic carbocycles. The van der Waals surface area contributed by atoms with Crippen molar-refractivity contribution in [2.45, 2.75) is 26.7 Å². The Morgan fingerprint density at radius 3 is 2.57 bits per heavy atom. The molecule has 3 rings (SSSR count). The van der Waals surface area contributed by atoms with Gasteiger partial charge in [0.15, 0.2) is 5.82 Å². The van der Waals surface area contributed by atoms with Crippen molar-refractivity contribution >= 4 is 11.7 Å². The summed E-state index contributed by atoms with van der Waals surface area (Å²) in [6, 6.07) is 7.75. The second kappa shape index (κ2) is 5.68. The van der Waals surface area contributed by atoms with Crippen LogP contribution in [0.25, 0.3) is 17.2 Å². The molecular weight excluding hydrogens is 296 g/mol. The molecule has 0 amide bonds. The van der Waals surface area contributed by atoms with Gasteiger partial charge in [-0.05, 0) is 20.3 Å². The van der Waals surface area contributed by atoms with Crippen LogP contribution in [0.4, 0.5) is 0 Å². The summed E-state index contributed by atoms with van der Waals surface area (Å²) in [5.74, 6) is -0.120. The maximum Gasteiger partial charge on any atom is 0.303 e. The van der Waals surface area contributed by atoms with Gasteiger partial charge in [0.25, 0.3) is 11.3 Å². The number of hydrogen-bond donors (Lipinski definition) is 2. The molecule has 0 spiro atoms. The highest BCUT2D eigenvalue weighted by Gasteiger charge is 2.14. The predicted octanol–water partition coefficient (Wildman–Crippen LogP) is 1.72. The predicted molar refractivity (Wildman–Crippen MR) is 84.5 cm³/mol. The smallest absolute Gasteiger partial charge is 0.303 e. The third kappa shape index (κ3) is 2.85. The minimum absolute atomic E-state index is 0.108. The van der Waals surface area contributed by atoms with Crippen LogP contribution in [0.5, 0.6) is 0 Å². The van der Waals surface area contributed by atoms with Crippen molar-refractivity contribution in [3.8, 4) is 11.4 Å². The Hall–Kier alpha value is -2.96. The van der Waals surface area contributed by atoms with E-state index in [2.05, 4.69) is 15.1 Å². The number of carbonyl (C=O) groups is 1. The van der Waals surface area contributed by atoms with Crippen molar-refractivity contribution in [3.63, 3.8) is 0 Å². The SMILES string of the molecule is Cc1ccc(-c2nc3nc(C)c(CCC(=O)O)c(=O)n3[nH]2)cc1. The molecule has 0 aliphatic heterocycles. The fourth-order valence-electron chi connectivity index (χ4n) is 2.41. The lowest BCUT2D eigenvalue weighted by atomic mass is 10.1. The quantitative estimate of drug-likeness (QED) is 0.764. The molecule has 3 aromatic rings. The minimum atomic E-state index is -0.946. The van der Waals surface area contributed by atoms with Crippen molar-refractivity contribution in [1.82, 2.24) is 19.6 Å². The van der Waals surface area contributed by atoms with Crippen LogP contribution >= 0.6 is 0 Å². The number of aromatic amines is 1. The maximum atomic E-state index is 12.5. The zero-order valence-corrected chi connectivity index (χ0v) is 12.8. The van der Waals surface area contributed by atoms with Crippen LogP contribution in [0.15, 0.2) is 29.1 Å². The van der Waals surface area contributed by atoms with Gasteiger partial charge in [-0.2, -0.15) is 9.50 Å². The summed E-state index contributed by atoms with van der Waals surface area (Å²) >= 11 is 0. The monoisotopic (exact) mass is 312 g/mol. The van der Waals surface area contributed by atoms with Gasteiger partial charge in [-0.1, -0.05) is 29.8 Å². The lowest BCUT2D eigenvalue weighted by Gasteiger charge is -2.02. The number of fused-ring (bicyclic) bond motifs is 1. The van der Waals surface area contributed by atoms with Crippen LogP contribution in [0.1, 0.15) is 23.2 Å². The average molecular weight is 312 g/mol. The lowest BCUT2D eigenvalue weighted by molar-refractivity contribution is -0.136. The largest absolute Gasteiger partial charge is 0.481 e. The summed E-state index contributed by atoms with van der Waals surface area (Å²) in [4.78, 5) is 31.9. The topological polar surface area (TPSA) is 100 Å². The number of hydrogen-bond acceptors (Lipinski definition) is 4. The summed E-state index contributed by atoms with van der Waals surface area (Å²) < 4.78 is 1.26. The molecule has 0 radical (unpaired) electrons. The van der Waals surface area contributed by atoms with Gasteiger partial charge in [0.05, 0.1) is 5.69 Å². The Morgan fingerprint density at radius 2 is 1.91 bits per heavy atom. The van der Waals surface area contributed by atoms with Crippen molar-refractivity contribution in [1.29, 1.82) is 0 Å². The second-order valence-electron chi connectivity index (χ2n) is 5.45. The van der Waals surface area contributed by atoms with Crippen LogP contribution in [-0.4, -0.2) is 30.7 Å². The summed E-state index contributed by atoms with van der Waals surface area (Å²) in [5, 5.41) is 11.7. The highest BCUT2D eigenvalue weighted by Crippen LogP contribution is 2.16. The van der Waals surface area contributed by atoms with Crippen molar-refractivity contribution in [2.75, 3.05) is 0 Å². The summed E-state index contributed by atoms with van der Waals surface area (Å²) in [6.07, 6.45) is 0.0393. The molecule has 23 heavy (non-hydrogen) atoms. The third-order valence-electron chi connectivity index (χ3n) is 3.71. The van der Waals surface area contributed by atoms with E-state index < -0.39 is 5.97 Å². The van der Waals surface area contributed by atoms with Gasteiger partial charge < -0.3 is 5.11 Å². The van der Waals surface area contributed by atoms with Gasteiger partial charge in [0, 0.05) is 17.5 Å². The van der Waals surface area contributed by atoms with E-state index >= 15 is 0 Å². The number of aromatic nitrogens is 4. The summed E-state index contributed by atoms with van der Waals surface area (Å²) in [7, 11) is 0. The van der Waals surface area contributed by atoms with E-state index in [-0.39, 0.29) is 24.2 Å². The molecule has 7 nitrogen and oxygen atoms in total. The van der Waals surface area contributed by atoms with E-state index in [1.165, 1.54) is 4.52 Å². The normalized spacial score (nSPS) is 11.0. The van der Waals surface area contributed by atoms with Gasteiger partial charge in [0.1, 0.15) is 0 Å². The maximum absolute atomic E-state index is 12.5. The van der Waals surface area contributed by atoms with Gasteiger partial charge in [-0.3, -0.25) is 14.7 Å². The molecule has 0 saturated heterocycles. The van der Waals surface area contributed by atoms with E-state index in [0.29, 0.717) is 17.1 Å². The molecule has 0 unspecified atom stereocenters. The van der Waals surface area contributed by atoms with E-state index in [1.54, 1.807) is 6.92 Å². The van der Waals surface area contributed by atoms with E-state index in [9.17, 15) is 9.59 Å². The lowest BCUT2D eigenvalue weighted by Crippen LogP contribution is -2.22. The van der Waals surface area contributed by atoms with Crippen LogP contribution in [0.2, 0.25) is 0 Å². The molecule has 7 heteroatoms. The molecule has 0 aliphatic rings. The fraction of sp³-hybridized carbons (Fsp3) is 0.250. The molecule has 118 valence electrons. The van der Waals surface area contributed by atoms with Gasteiger partial charge in [0.2, 0.25) is 0 Å². The standard InChI is InChI=1S/C16H16N4O3/c1-9-3-5-11(6-4-9)14-18-16-17-10(2)12(7-8-13(21)22)15(23)20(16)19-14/h3-6H,7-8H2,1-2H3,(H,21,22)(H,17,18,19). The van der Waals surface area contributed by atoms with Crippen LogP contribution < -0.4 is 5.56 Å². The number of benzene rings is 1. The Morgan fingerprint density at radius 1 is 1.22 bits per heavy atom. The number of carboxylic acids is 1. The molecule has 2 heterocycles. The molecule has 0 atom stereocenters. The number of rotatable bonds is 4. The number of nitrogens with one attached hydrogen (secondary N) is 1. The Labute approximate surface area is 131 Å². The molecule has 2 aromatic heterocycles. The molecular formula is C16H16N4O3. The summed E-state index contributed by atoms with van der Waals surface area (Å²) in [5.41, 5.74) is 2.58. The number of aryl methyl sites for hydroxylation is 2. The first kappa shape index (κ1) is 15.0. The Kier molecular flexibility index (Phi) is 3.69. The average Bonchev–Trinajstić information content (AvgIpc) is 2.91. The van der Waals surface area contributed by atoms with Crippen LogP contribution in [0, 0.1) is 13.8 Å². The first-order valence-electron chi connectivity index (χ1n) is 7.23. The number of H-pyrrole nitrogens is 1. The number of aliphatic carboxylic acids is 1. The van der Waals surface area contributed by atoms with Gasteiger partial charge >= 0.3 is 5.97 Å². The first-order valence-corrected chi connectivity index (χ1v) is 7.23. The molecule has 0 bridgehead atoms. The van der Waals surface area contributed by atoms with E-state index in [4.69, 9.17) is 5.11 Å². The van der Waals surface area contributed by atoms with E-state index in [0.717, 1.165) is 11.1 Å². The Bertz CT molecular complexity index is 938.